The third kappa shape index (κ3) is 3.65. The molecule has 1 aromatic rings. The van der Waals surface area contributed by atoms with Crippen LogP contribution in [0.3, 0.4) is 0 Å². The zero-order valence-electron chi connectivity index (χ0n) is 11.8. The van der Waals surface area contributed by atoms with E-state index in [-0.39, 0.29) is 12.6 Å². The van der Waals surface area contributed by atoms with Crippen LogP contribution in [0.2, 0.25) is 0 Å². The molecule has 21 heavy (non-hydrogen) atoms. The van der Waals surface area contributed by atoms with Gasteiger partial charge in [0, 0.05) is 19.6 Å². The minimum absolute atomic E-state index is 0.188. The van der Waals surface area contributed by atoms with Gasteiger partial charge in [-0.1, -0.05) is 12.1 Å². The lowest BCUT2D eigenvalue weighted by Gasteiger charge is -2.27. The molecule has 2 aliphatic rings. The zero-order chi connectivity index (χ0) is 14.5. The predicted molar refractivity (Wildman–Crippen MR) is 74.6 cm³/mol. The van der Waals surface area contributed by atoms with E-state index < -0.39 is 6.10 Å². The fourth-order valence-electron chi connectivity index (χ4n) is 2.33. The molecule has 1 atom stereocenters. The summed E-state index contributed by atoms with van der Waals surface area (Å²) in [4.78, 5) is 14.2. The number of carbonyl (C=O) groups excluding carboxylic acids is 1. The van der Waals surface area contributed by atoms with Crippen molar-refractivity contribution in [3.05, 3.63) is 24.3 Å². The van der Waals surface area contributed by atoms with Crippen LogP contribution in [0.1, 0.15) is 0 Å². The standard InChI is InChI=1S/C15H19NO5/c17-15(19-10-7-16-5-8-18-9-6-16)14-11-20-12-3-1-2-4-13(12)21-14/h1-4,14H,5-11H2/t14-/m1/s1. The highest BCUT2D eigenvalue weighted by Crippen LogP contribution is 2.31. The van der Waals surface area contributed by atoms with Crippen LogP contribution in [-0.2, 0) is 14.3 Å². The molecule has 0 spiro atoms. The molecule has 114 valence electrons. The molecule has 2 aliphatic heterocycles. The number of rotatable bonds is 4. The molecule has 0 saturated carbocycles. The second-order valence-corrected chi connectivity index (χ2v) is 4.99. The monoisotopic (exact) mass is 293 g/mol. The molecule has 1 saturated heterocycles. The number of carbonyl (C=O) groups is 1. The highest BCUT2D eigenvalue weighted by molar-refractivity contribution is 5.76. The van der Waals surface area contributed by atoms with E-state index in [1.807, 2.05) is 18.2 Å². The van der Waals surface area contributed by atoms with Crippen molar-refractivity contribution in [2.75, 3.05) is 46.1 Å². The third-order valence-corrected chi connectivity index (χ3v) is 3.53. The SMILES string of the molecule is O=C(OCCN1CCOCC1)[C@H]1COc2ccccc2O1. The van der Waals surface area contributed by atoms with Crippen molar-refractivity contribution >= 4 is 5.97 Å². The van der Waals surface area contributed by atoms with Crippen molar-refractivity contribution in [2.45, 2.75) is 6.10 Å². The molecule has 6 heteroatoms. The van der Waals surface area contributed by atoms with Gasteiger partial charge in [-0.05, 0) is 12.1 Å². The highest BCUT2D eigenvalue weighted by Gasteiger charge is 2.28. The molecule has 2 heterocycles. The van der Waals surface area contributed by atoms with Gasteiger partial charge in [-0.15, -0.1) is 0 Å². The van der Waals surface area contributed by atoms with Crippen LogP contribution < -0.4 is 9.47 Å². The summed E-state index contributed by atoms with van der Waals surface area (Å²) in [5.41, 5.74) is 0. The average Bonchev–Trinajstić information content (AvgIpc) is 2.55. The van der Waals surface area contributed by atoms with Gasteiger partial charge in [0.05, 0.1) is 13.2 Å². The number of para-hydroxylation sites is 2. The molecule has 3 rings (SSSR count). The fourth-order valence-corrected chi connectivity index (χ4v) is 2.33. The highest BCUT2D eigenvalue weighted by atomic mass is 16.6. The number of fused-ring (bicyclic) bond motifs is 1. The predicted octanol–water partition coefficient (Wildman–Crippen LogP) is 0.702. The molecule has 6 nitrogen and oxygen atoms in total. The molecule has 0 bridgehead atoms. The largest absolute Gasteiger partial charge is 0.485 e. The molecule has 1 aromatic carbocycles. The first-order valence-corrected chi connectivity index (χ1v) is 7.18. The molecule has 1 fully saturated rings. The van der Waals surface area contributed by atoms with Crippen molar-refractivity contribution in [3.63, 3.8) is 0 Å². The van der Waals surface area contributed by atoms with Crippen LogP contribution in [0.15, 0.2) is 24.3 Å². The quantitative estimate of drug-likeness (QED) is 0.762. The Labute approximate surface area is 123 Å². The summed E-state index contributed by atoms with van der Waals surface area (Å²) >= 11 is 0. The summed E-state index contributed by atoms with van der Waals surface area (Å²) in [5, 5.41) is 0. The van der Waals surface area contributed by atoms with E-state index in [2.05, 4.69) is 4.90 Å². The summed E-state index contributed by atoms with van der Waals surface area (Å²) < 4.78 is 21.6. The maximum atomic E-state index is 12.0. The number of nitrogens with zero attached hydrogens (tertiary/aromatic N) is 1. The lowest BCUT2D eigenvalue weighted by atomic mass is 10.2. The van der Waals surface area contributed by atoms with E-state index >= 15 is 0 Å². The Bertz CT molecular complexity index is 487. The number of hydrogen-bond acceptors (Lipinski definition) is 6. The lowest BCUT2D eigenvalue weighted by Crippen LogP contribution is -2.41. The van der Waals surface area contributed by atoms with Crippen molar-refractivity contribution in [3.8, 4) is 11.5 Å². The number of esters is 1. The first-order chi connectivity index (χ1) is 10.3. The maximum absolute atomic E-state index is 12.0. The van der Waals surface area contributed by atoms with Crippen molar-refractivity contribution in [1.82, 2.24) is 4.90 Å². The Morgan fingerprint density at radius 3 is 2.81 bits per heavy atom. The van der Waals surface area contributed by atoms with Gasteiger partial charge in [0.2, 0.25) is 6.10 Å². The Hall–Kier alpha value is -1.79. The molecule has 0 amide bonds. The first-order valence-electron chi connectivity index (χ1n) is 7.18. The molecule has 0 aromatic heterocycles. The van der Waals surface area contributed by atoms with Gasteiger partial charge < -0.3 is 18.9 Å². The molecule has 0 unspecified atom stereocenters. The number of morpholine rings is 1. The van der Waals surface area contributed by atoms with Crippen molar-refractivity contribution in [1.29, 1.82) is 0 Å². The van der Waals surface area contributed by atoms with Crippen LogP contribution in [0.25, 0.3) is 0 Å². The molecule has 0 aliphatic carbocycles. The minimum Gasteiger partial charge on any atom is -0.485 e. The van der Waals surface area contributed by atoms with Crippen LogP contribution in [-0.4, -0.2) is 63.0 Å². The Morgan fingerprint density at radius 2 is 2.00 bits per heavy atom. The second kappa shape index (κ2) is 6.78. The summed E-state index contributed by atoms with van der Waals surface area (Å²) in [6.45, 7) is 4.52. The van der Waals surface area contributed by atoms with Crippen LogP contribution in [0, 0.1) is 0 Å². The molecular formula is C15H19NO5. The van der Waals surface area contributed by atoms with E-state index in [1.54, 1.807) is 6.07 Å². The second-order valence-electron chi connectivity index (χ2n) is 4.99. The number of ether oxygens (including phenoxy) is 4. The lowest BCUT2D eigenvalue weighted by molar-refractivity contribution is -0.155. The van der Waals surface area contributed by atoms with Gasteiger partial charge >= 0.3 is 5.97 Å². The molecular weight excluding hydrogens is 274 g/mol. The number of hydrogen-bond donors (Lipinski definition) is 0. The normalized spacial score (nSPS) is 21.8. The third-order valence-electron chi connectivity index (χ3n) is 3.53. The molecule has 0 N–H and O–H groups in total. The van der Waals surface area contributed by atoms with Gasteiger partial charge in [0.1, 0.15) is 13.2 Å². The maximum Gasteiger partial charge on any atom is 0.351 e. The zero-order valence-corrected chi connectivity index (χ0v) is 11.8. The Morgan fingerprint density at radius 1 is 1.24 bits per heavy atom. The van der Waals surface area contributed by atoms with Crippen molar-refractivity contribution < 1.29 is 23.7 Å². The smallest absolute Gasteiger partial charge is 0.351 e. The Balaban J connectivity index is 1.44. The Kier molecular flexibility index (Phi) is 4.57. The number of benzene rings is 1. The fraction of sp³-hybridized carbons (Fsp3) is 0.533. The van der Waals surface area contributed by atoms with Crippen LogP contribution in [0.5, 0.6) is 11.5 Å². The van der Waals surface area contributed by atoms with Gasteiger partial charge in [-0.2, -0.15) is 0 Å². The van der Waals surface area contributed by atoms with E-state index in [0.29, 0.717) is 18.1 Å². The van der Waals surface area contributed by atoms with Gasteiger partial charge in [0.15, 0.2) is 11.5 Å². The minimum atomic E-state index is -0.690. The van der Waals surface area contributed by atoms with Crippen molar-refractivity contribution in [2.24, 2.45) is 0 Å². The first kappa shape index (κ1) is 14.2. The average molecular weight is 293 g/mol. The van der Waals surface area contributed by atoms with E-state index in [0.717, 1.165) is 32.8 Å². The molecule has 0 radical (unpaired) electrons. The van der Waals surface area contributed by atoms with Crippen LogP contribution >= 0.6 is 0 Å². The topological polar surface area (TPSA) is 57.2 Å². The van der Waals surface area contributed by atoms with E-state index in [4.69, 9.17) is 18.9 Å². The summed E-state index contributed by atoms with van der Waals surface area (Å²) in [5.74, 6) is 0.867. The van der Waals surface area contributed by atoms with E-state index in [9.17, 15) is 4.79 Å². The summed E-state index contributed by atoms with van der Waals surface area (Å²) in [6.07, 6.45) is -0.690. The summed E-state index contributed by atoms with van der Waals surface area (Å²) in [6, 6.07) is 7.30. The summed E-state index contributed by atoms with van der Waals surface area (Å²) in [7, 11) is 0. The van der Waals surface area contributed by atoms with E-state index in [1.165, 1.54) is 0 Å². The van der Waals surface area contributed by atoms with Crippen LogP contribution in [0.4, 0.5) is 0 Å². The van der Waals surface area contributed by atoms with Gasteiger partial charge in [-0.25, -0.2) is 4.79 Å². The van der Waals surface area contributed by atoms with Gasteiger partial charge in [0.25, 0.3) is 0 Å². The van der Waals surface area contributed by atoms with Gasteiger partial charge in [-0.3, -0.25) is 4.90 Å².